The van der Waals surface area contributed by atoms with E-state index in [0.29, 0.717) is 18.6 Å². The van der Waals surface area contributed by atoms with Crippen molar-refractivity contribution in [1.82, 2.24) is 5.32 Å². The molecule has 1 N–H and O–H groups in total. The number of ether oxygens (including phenoxy) is 1. The molecule has 0 unspecified atom stereocenters. The Labute approximate surface area is 186 Å². The quantitative estimate of drug-likeness (QED) is 0.618. The molecule has 0 spiro atoms. The molecule has 1 aromatic rings. The zero-order valence-electron chi connectivity index (χ0n) is 19.8. The SMILES string of the molecule is CCCOC(=O)C1=C(C)NC2=C(C(=O)CC(C)(C)C2)[C@H]1c1ccc(N(CC)CC)cc1. The van der Waals surface area contributed by atoms with Gasteiger partial charge in [-0.3, -0.25) is 4.79 Å². The number of esters is 1. The van der Waals surface area contributed by atoms with E-state index in [4.69, 9.17) is 4.74 Å². The Morgan fingerprint density at radius 3 is 2.35 bits per heavy atom. The zero-order chi connectivity index (χ0) is 22.8. The topological polar surface area (TPSA) is 58.6 Å². The maximum atomic E-state index is 13.3. The smallest absolute Gasteiger partial charge is 0.336 e. The second-order valence-electron chi connectivity index (χ2n) is 9.33. The largest absolute Gasteiger partial charge is 0.462 e. The van der Waals surface area contributed by atoms with Gasteiger partial charge in [0.1, 0.15) is 0 Å². The maximum absolute atomic E-state index is 13.3. The van der Waals surface area contributed by atoms with Crippen molar-refractivity contribution in [3.8, 4) is 0 Å². The highest BCUT2D eigenvalue weighted by atomic mass is 16.5. The van der Waals surface area contributed by atoms with Crippen LogP contribution in [-0.2, 0) is 14.3 Å². The van der Waals surface area contributed by atoms with Crippen molar-refractivity contribution in [1.29, 1.82) is 0 Å². The first kappa shape index (κ1) is 23.1. The number of benzene rings is 1. The Kier molecular flexibility index (Phi) is 6.93. The number of anilines is 1. The Balaban J connectivity index is 2.09. The first-order valence-electron chi connectivity index (χ1n) is 11.5. The summed E-state index contributed by atoms with van der Waals surface area (Å²) in [6, 6.07) is 8.29. The van der Waals surface area contributed by atoms with E-state index in [1.165, 1.54) is 0 Å². The minimum Gasteiger partial charge on any atom is -0.462 e. The first-order valence-corrected chi connectivity index (χ1v) is 11.5. The summed E-state index contributed by atoms with van der Waals surface area (Å²) in [6.07, 6.45) is 2.03. The normalized spacial score (nSPS) is 20.3. The molecule has 31 heavy (non-hydrogen) atoms. The molecule has 0 saturated carbocycles. The Morgan fingerprint density at radius 2 is 1.77 bits per heavy atom. The molecule has 2 aliphatic rings. The van der Waals surface area contributed by atoms with Crippen molar-refractivity contribution in [3.63, 3.8) is 0 Å². The third kappa shape index (κ3) is 4.70. The number of carbonyl (C=O) groups excluding carboxylic acids is 2. The number of nitrogens with zero attached hydrogens (tertiary/aromatic N) is 1. The minimum atomic E-state index is -0.394. The van der Waals surface area contributed by atoms with Gasteiger partial charge in [-0.15, -0.1) is 0 Å². The van der Waals surface area contributed by atoms with E-state index in [0.717, 1.165) is 54.1 Å². The Hall–Kier alpha value is -2.56. The molecule has 1 aliphatic carbocycles. The second-order valence-corrected chi connectivity index (χ2v) is 9.33. The van der Waals surface area contributed by atoms with Crippen LogP contribution in [0, 0.1) is 5.41 Å². The number of dihydropyridines is 1. The van der Waals surface area contributed by atoms with Gasteiger partial charge >= 0.3 is 5.97 Å². The molecular formula is C26H36N2O3. The van der Waals surface area contributed by atoms with Crippen LogP contribution in [0.25, 0.3) is 0 Å². The summed E-state index contributed by atoms with van der Waals surface area (Å²) in [5, 5.41) is 3.39. The molecule has 1 aromatic carbocycles. The van der Waals surface area contributed by atoms with Crippen LogP contribution < -0.4 is 10.2 Å². The summed E-state index contributed by atoms with van der Waals surface area (Å²) >= 11 is 0. The number of hydrogen-bond acceptors (Lipinski definition) is 5. The minimum absolute atomic E-state index is 0.0966. The van der Waals surface area contributed by atoms with E-state index in [2.05, 4.69) is 62.2 Å². The molecule has 3 rings (SSSR count). The summed E-state index contributed by atoms with van der Waals surface area (Å²) in [5.74, 6) is -0.617. The molecule has 0 aromatic heterocycles. The summed E-state index contributed by atoms with van der Waals surface area (Å²) in [7, 11) is 0. The number of hydrogen-bond donors (Lipinski definition) is 1. The van der Waals surface area contributed by atoms with Gasteiger partial charge in [-0.25, -0.2) is 4.79 Å². The molecule has 0 fully saturated rings. The van der Waals surface area contributed by atoms with Gasteiger partial charge in [0, 0.05) is 48.1 Å². The van der Waals surface area contributed by atoms with Crippen molar-refractivity contribution in [3.05, 3.63) is 52.4 Å². The van der Waals surface area contributed by atoms with E-state index in [9.17, 15) is 9.59 Å². The van der Waals surface area contributed by atoms with Crippen LogP contribution in [0.2, 0.25) is 0 Å². The van der Waals surface area contributed by atoms with Crippen molar-refractivity contribution in [2.24, 2.45) is 5.41 Å². The monoisotopic (exact) mass is 424 g/mol. The predicted molar refractivity (Wildman–Crippen MR) is 125 cm³/mol. The average Bonchev–Trinajstić information content (AvgIpc) is 2.71. The van der Waals surface area contributed by atoms with E-state index < -0.39 is 5.92 Å². The number of carbonyl (C=O) groups is 2. The summed E-state index contributed by atoms with van der Waals surface area (Å²) in [4.78, 5) is 28.6. The Morgan fingerprint density at radius 1 is 1.13 bits per heavy atom. The molecule has 1 atom stereocenters. The lowest BCUT2D eigenvalue weighted by atomic mass is 9.68. The van der Waals surface area contributed by atoms with Crippen LogP contribution in [0.15, 0.2) is 46.8 Å². The van der Waals surface area contributed by atoms with E-state index in [-0.39, 0.29) is 17.2 Å². The van der Waals surface area contributed by atoms with Gasteiger partial charge in [0.25, 0.3) is 0 Å². The first-order chi connectivity index (χ1) is 14.7. The van der Waals surface area contributed by atoms with Crippen LogP contribution in [0.4, 0.5) is 5.69 Å². The van der Waals surface area contributed by atoms with Crippen molar-refractivity contribution in [2.45, 2.75) is 66.7 Å². The van der Waals surface area contributed by atoms with Gasteiger partial charge in [-0.05, 0) is 56.7 Å². The van der Waals surface area contributed by atoms with Gasteiger partial charge in [-0.1, -0.05) is 32.9 Å². The molecule has 0 bridgehead atoms. The van der Waals surface area contributed by atoms with E-state index >= 15 is 0 Å². The number of Topliss-reactive ketones (excluding diaryl/α,β-unsaturated/α-hetero) is 1. The van der Waals surface area contributed by atoms with Crippen LogP contribution in [0.5, 0.6) is 0 Å². The molecule has 1 heterocycles. The highest BCUT2D eigenvalue weighted by Crippen LogP contribution is 2.47. The fraction of sp³-hybridized carbons (Fsp3) is 0.538. The van der Waals surface area contributed by atoms with Crippen LogP contribution in [0.1, 0.15) is 72.3 Å². The lowest BCUT2D eigenvalue weighted by molar-refractivity contribution is -0.139. The van der Waals surface area contributed by atoms with Crippen molar-refractivity contribution < 1.29 is 14.3 Å². The van der Waals surface area contributed by atoms with Crippen LogP contribution >= 0.6 is 0 Å². The fourth-order valence-corrected chi connectivity index (χ4v) is 4.78. The molecule has 0 radical (unpaired) electrons. The third-order valence-corrected chi connectivity index (χ3v) is 6.25. The van der Waals surface area contributed by atoms with Crippen molar-refractivity contribution in [2.75, 3.05) is 24.6 Å². The summed E-state index contributed by atoms with van der Waals surface area (Å²) in [6.45, 7) is 14.6. The molecule has 0 saturated heterocycles. The highest BCUT2D eigenvalue weighted by molar-refractivity contribution is 6.04. The maximum Gasteiger partial charge on any atom is 0.336 e. The fourth-order valence-electron chi connectivity index (χ4n) is 4.78. The zero-order valence-corrected chi connectivity index (χ0v) is 19.8. The van der Waals surface area contributed by atoms with E-state index in [1.54, 1.807) is 0 Å². The highest BCUT2D eigenvalue weighted by Gasteiger charge is 2.43. The standard InChI is InChI=1S/C26H36N2O3/c1-7-14-31-25(30)22-17(4)27-20-15-26(5,6)16-21(29)24(20)23(22)18-10-12-19(13-11-18)28(8-2)9-3/h10-13,23,27H,7-9,14-16H2,1-6H3/t23-/m0/s1. The van der Waals surface area contributed by atoms with Gasteiger partial charge in [-0.2, -0.15) is 0 Å². The molecule has 5 heteroatoms. The molecule has 5 nitrogen and oxygen atoms in total. The van der Waals surface area contributed by atoms with Crippen molar-refractivity contribution >= 4 is 17.4 Å². The number of nitrogens with one attached hydrogen (secondary N) is 1. The third-order valence-electron chi connectivity index (χ3n) is 6.25. The van der Waals surface area contributed by atoms with E-state index in [1.807, 2.05) is 13.8 Å². The lowest BCUT2D eigenvalue weighted by Gasteiger charge is -2.39. The van der Waals surface area contributed by atoms with Gasteiger partial charge in [0.15, 0.2) is 5.78 Å². The van der Waals surface area contributed by atoms with Gasteiger partial charge in [0.2, 0.25) is 0 Å². The second kappa shape index (κ2) is 9.29. The predicted octanol–water partition coefficient (Wildman–Crippen LogP) is 5.09. The van der Waals surface area contributed by atoms with Crippen LogP contribution in [-0.4, -0.2) is 31.4 Å². The van der Waals surface area contributed by atoms with Gasteiger partial charge in [0.05, 0.1) is 12.2 Å². The average molecular weight is 425 g/mol. The summed E-state index contributed by atoms with van der Waals surface area (Å²) in [5.41, 5.74) is 5.01. The van der Waals surface area contributed by atoms with Gasteiger partial charge < -0.3 is 15.0 Å². The number of allylic oxidation sites excluding steroid dienone is 3. The Bertz CT molecular complexity index is 905. The molecule has 0 amide bonds. The molecule has 1 aliphatic heterocycles. The lowest BCUT2D eigenvalue weighted by Crippen LogP contribution is -2.38. The number of rotatable bonds is 7. The molecule has 168 valence electrons. The number of ketones is 1. The van der Waals surface area contributed by atoms with Crippen LogP contribution in [0.3, 0.4) is 0 Å². The molecular weight excluding hydrogens is 388 g/mol. The summed E-state index contributed by atoms with van der Waals surface area (Å²) < 4.78 is 5.53.